The Morgan fingerprint density at radius 1 is 1.41 bits per heavy atom. The molecule has 1 aromatic rings. The van der Waals surface area contributed by atoms with Gasteiger partial charge in [-0.05, 0) is 31.0 Å². The van der Waals surface area contributed by atoms with E-state index in [0.29, 0.717) is 12.5 Å². The Morgan fingerprint density at radius 2 is 2.14 bits per heavy atom. The van der Waals surface area contributed by atoms with Crippen molar-refractivity contribution in [2.45, 2.75) is 19.9 Å². The Bertz CT molecular complexity index is 461. The first-order valence-corrected chi connectivity index (χ1v) is 8.30. The van der Waals surface area contributed by atoms with Crippen LogP contribution in [-0.4, -0.2) is 44.2 Å². The molecule has 6 heteroatoms. The van der Waals surface area contributed by atoms with Gasteiger partial charge in [-0.2, -0.15) is 0 Å². The number of hydrogen-bond acceptors (Lipinski definition) is 2. The zero-order valence-corrected chi connectivity index (χ0v) is 17.1. The van der Waals surface area contributed by atoms with Gasteiger partial charge in [-0.1, -0.05) is 28.1 Å². The summed E-state index contributed by atoms with van der Waals surface area (Å²) in [5.74, 6) is 1.58. The number of benzene rings is 1. The van der Waals surface area contributed by atoms with E-state index in [0.717, 1.165) is 43.2 Å². The quantitative estimate of drug-likeness (QED) is 0.397. The van der Waals surface area contributed by atoms with Gasteiger partial charge in [0.05, 0.1) is 13.2 Å². The minimum Gasteiger partial charge on any atom is -0.381 e. The molecule has 1 aliphatic rings. The first-order chi connectivity index (χ1) is 10.2. The molecule has 4 nitrogen and oxygen atoms in total. The Kier molecular flexibility index (Phi) is 9.35. The summed E-state index contributed by atoms with van der Waals surface area (Å²) in [7, 11) is 2.10. The highest BCUT2D eigenvalue weighted by molar-refractivity contribution is 14.0. The molecule has 0 amide bonds. The molecule has 1 heterocycles. The fourth-order valence-electron chi connectivity index (χ4n) is 2.43. The van der Waals surface area contributed by atoms with Crippen molar-refractivity contribution in [1.29, 1.82) is 0 Å². The van der Waals surface area contributed by atoms with Crippen molar-refractivity contribution in [2.75, 3.05) is 33.4 Å². The number of rotatable bonds is 5. The summed E-state index contributed by atoms with van der Waals surface area (Å²) in [5, 5.41) is 3.36. The normalized spacial score (nSPS) is 18.0. The molecule has 1 saturated heterocycles. The number of aliphatic imine (C=N–C) groups is 1. The van der Waals surface area contributed by atoms with Gasteiger partial charge in [0.1, 0.15) is 0 Å². The maximum absolute atomic E-state index is 5.45. The largest absolute Gasteiger partial charge is 0.381 e. The van der Waals surface area contributed by atoms with Gasteiger partial charge in [-0.3, -0.25) is 0 Å². The van der Waals surface area contributed by atoms with Crippen molar-refractivity contribution in [3.63, 3.8) is 0 Å². The van der Waals surface area contributed by atoms with Crippen molar-refractivity contribution in [3.8, 4) is 0 Å². The summed E-state index contributed by atoms with van der Waals surface area (Å²) in [6.07, 6.45) is 1.15. The predicted octanol–water partition coefficient (Wildman–Crippen LogP) is 3.50. The Labute approximate surface area is 158 Å². The molecule has 0 spiro atoms. The number of hydrogen-bond donors (Lipinski definition) is 1. The van der Waals surface area contributed by atoms with Gasteiger partial charge in [0, 0.05) is 37.1 Å². The molecule has 0 saturated carbocycles. The van der Waals surface area contributed by atoms with Crippen LogP contribution in [0.1, 0.15) is 18.9 Å². The third kappa shape index (κ3) is 6.42. The van der Waals surface area contributed by atoms with Crippen molar-refractivity contribution in [1.82, 2.24) is 10.2 Å². The lowest BCUT2D eigenvalue weighted by Gasteiger charge is -2.24. The maximum atomic E-state index is 5.45. The van der Waals surface area contributed by atoms with Crippen LogP contribution in [0.4, 0.5) is 0 Å². The van der Waals surface area contributed by atoms with Crippen LogP contribution in [0.3, 0.4) is 0 Å². The van der Waals surface area contributed by atoms with Crippen LogP contribution < -0.4 is 5.32 Å². The van der Waals surface area contributed by atoms with E-state index in [2.05, 4.69) is 64.4 Å². The molecular formula is C16H25BrIN3O. The van der Waals surface area contributed by atoms with E-state index in [-0.39, 0.29) is 24.0 Å². The molecule has 1 fully saturated rings. The van der Waals surface area contributed by atoms with E-state index >= 15 is 0 Å². The molecule has 0 radical (unpaired) electrons. The number of halogens is 2. The zero-order chi connectivity index (χ0) is 15.1. The SMILES string of the molecule is CCNC(=NCc1ccc(Br)cc1)N(C)CC1CCOC1.I. The highest BCUT2D eigenvalue weighted by Crippen LogP contribution is 2.14. The van der Waals surface area contributed by atoms with E-state index in [1.165, 1.54) is 5.56 Å². The average molecular weight is 482 g/mol. The van der Waals surface area contributed by atoms with Crippen molar-refractivity contribution in [3.05, 3.63) is 34.3 Å². The van der Waals surface area contributed by atoms with E-state index in [9.17, 15) is 0 Å². The number of guanidine groups is 1. The molecular weight excluding hydrogens is 457 g/mol. The lowest BCUT2D eigenvalue weighted by atomic mass is 10.1. The van der Waals surface area contributed by atoms with Crippen LogP contribution in [0.15, 0.2) is 33.7 Å². The molecule has 0 aliphatic carbocycles. The molecule has 0 aromatic heterocycles. The minimum atomic E-state index is 0. The van der Waals surface area contributed by atoms with E-state index in [1.807, 2.05) is 0 Å². The third-order valence-corrected chi connectivity index (χ3v) is 4.11. The molecule has 124 valence electrons. The summed E-state index contributed by atoms with van der Waals surface area (Å²) >= 11 is 3.45. The highest BCUT2D eigenvalue weighted by atomic mass is 127. The van der Waals surface area contributed by atoms with Gasteiger partial charge in [0.15, 0.2) is 5.96 Å². The minimum absolute atomic E-state index is 0. The van der Waals surface area contributed by atoms with Crippen molar-refractivity contribution < 1.29 is 4.74 Å². The Morgan fingerprint density at radius 3 is 2.73 bits per heavy atom. The fraction of sp³-hybridized carbons (Fsp3) is 0.562. The lowest BCUT2D eigenvalue weighted by molar-refractivity contribution is 0.181. The molecule has 2 rings (SSSR count). The first-order valence-electron chi connectivity index (χ1n) is 7.50. The van der Waals surface area contributed by atoms with E-state index in [1.54, 1.807) is 0 Å². The summed E-state index contributed by atoms with van der Waals surface area (Å²) in [6, 6.07) is 8.30. The van der Waals surface area contributed by atoms with Crippen LogP contribution in [0, 0.1) is 5.92 Å². The van der Waals surface area contributed by atoms with Crippen LogP contribution in [-0.2, 0) is 11.3 Å². The number of ether oxygens (including phenoxy) is 1. The molecule has 22 heavy (non-hydrogen) atoms. The van der Waals surface area contributed by atoms with Crippen molar-refractivity contribution >= 4 is 45.9 Å². The fourth-order valence-corrected chi connectivity index (χ4v) is 2.69. The predicted molar refractivity (Wildman–Crippen MR) is 106 cm³/mol. The van der Waals surface area contributed by atoms with Gasteiger partial charge < -0.3 is 15.0 Å². The molecule has 1 N–H and O–H groups in total. The Hall–Kier alpha value is -0.340. The summed E-state index contributed by atoms with van der Waals surface area (Å²) in [6.45, 7) is 6.43. The van der Waals surface area contributed by atoms with Crippen LogP contribution in [0.2, 0.25) is 0 Å². The van der Waals surface area contributed by atoms with E-state index in [4.69, 9.17) is 9.73 Å². The van der Waals surface area contributed by atoms with Crippen LogP contribution in [0.5, 0.6) is 0 Å². The standard InChI is InChI=1S/C16H24BrN3O.HI/c1-3-18-16(20(2)11-14-8-9-21-12-14)19-10-13-4-6-15(17)7-5-13;/h4-7,14H,3,8-12H2,1-2H3,(H,18,19);1H. The van der Waals surface area contributed by atoms with Gasteiger partial charge >= 0.3 is 0 Å². The van der Waals surface area contributed by atoms with E-state index < -0.39 is 0 Å². The second kappa shape index (κ2) is 10.4. The van der Waals surface area contributed by atoms with Gasteiger partial charge in [0.25, 0.3) is 0 Å². The highest BCUT2D eigenvalue weighted by Gasteiger charge is 2.18. The lowest BCUT2D eigenvalue weighted by Crippen LogP contribution is -2.41. The molecule has 1 aromatic carbocycles. The van der Waals surface area contributed by atoms with Gasteiger partial charge in [-0.25, -0.2) is 4.99 Å². The molecule has 1 unspecified atom stereocenters. The Balaban J connectivity index is 0.00000242. The summed E-state index contributed by atoms with van der Waals surface area (Å²) in [4.78, 5) is 6.94. The average Bonchev–Trinajstić information content (AvgIpc) is 2.98. The number of nitrogens with one attached hydrogen (secondary N) is 1. The molecule has 1 atom stereocenters. The first kappa shape index (κ1) is 19.7. The van der Waals surface area contributed by atoms with Gasteiger partial charge in [0.2, 0.25) is 0 Å². The summed E-state index contributed by atoms with van der Waals surface area (Å²) < 4.78 is 6.54. The van der Waals surface area contributed by atoms with Crippen molar-refractivity contribution in [2.24, 2.45) is 10.9 Å². The zero-order valence-electron chi connectivity index (χ0n) is 13.2. The topological polar surface area (TPSA) is 36.9 Å². The number of nitrogens with zero attached hydrogens (tertiary/aromatic N) is 2. The smallest absolute Gasteiger partial charge is 0.193 e. The second-order valence-electron chi connectivity index (χ2n) is 5.41. The van der Waals surface area contributed by atoms with Gasteiger partial charge in [-0.15, -0.1) is 24.0 Å². The monoisotopic (exact) mass is 481 g/mol. The molecule has 0 bridgehead atoms. The maximum Gasteiger partial charge on any atom is 0.193 e. The summed E-state index contributed by atoms with van der Waals surface area (Å²) in [5.41, 5.74) is 1.21. The third-order valence-electron chi connectivity index (χ3n) is 3.58. The molecule has 1 aliphatic heterocycles. The second-order valence-corrected chi connectivity index (χ2v) is 6.32. The van der Waals surface area contributed by atoms with Crippen LogP contribution in [0.25, 0.3) is 0 Å². The van der Waals surface area contributed by atoms with Crippen LogP contribution >= 0.6 is 39.9 Å².